The summed E-state index contributed by atoms with van der Waals surface area (Å²) in [7, 11) is 0. The molecule has 19 heavy (non-hydrogen) atoms. The minimum atomic E-state index is -0.513. The zero-order chi connectivity index (χ0) is 14.4. The van der Waals surface area contributed by atoms with Crippen molar-refractivity contribution in [2.24, 2.45) is 5.92 Å². The first-order valence-corrected chi connectivity index (χ1v) is 6.58. The van der Waals surface area contributed by atoms with Crippen LogP contribution in [0.15, 0.2) is 18.2 Å². The van der Waals surface area contributed by atoms with Crippen LogP contribution in [0.4, 0.5) is 5.69 Å². The normalized spacial score (nSPS) is 12.5. The van der Waals surface area contributed by atoms with Crippen molar-refractivity contribution in [1.82, 2.24) is 5.32 Å². The average molecular weight is 287 g/mol. The maximum atomic E-state index is 10.6. The minimum Gasteiger partial charge on any atom is -0.493 e. The molecule has 1 N–H and O–H groups in total. The van der Waals surface area contributed by atoms with Gasteiger partial charge in [-0.25, -0.2) is 0 Å². The monoisotopic (exact) mass is 286 g/mol. The van der Waals surface area contributed by atoms with E-state index in [-0.39, 0.29) is 10.7 Å². The van der Waals surface area contributed by atoms with Gasteiger partial charge in [0.25, 0.3) is 5.69 Å². The Hall–Kier alpha value is -1.33. The van der Waals surface area contributed by atoms with Crippen molar-refractivity contribution in [3.05, 3.63) is 33.3 Å². The lowest BCUT2D eigenvalue weighted by atomic mass is 10.2. The third kappa shape index (κ3) is 5.44. The van der Waals surface area contributed by atoms with Gasteiger partial charge in [-0.05, 0) is 6.07 Å². The number of benzene rings is 1. The quantitative estimate of drug-likeness (QED) is 0.617. The van der Waals surface area contributed by atoms with E-state index in [2.05, 4.69) is 26.1 Å². The van der Waals surface area contributed by atoms with Crippen LogP contribution in [0.2, 0.25) is 5.02 Å². The third-order valence-corrected chi connectivity index (χ3v) is 2.83. The fraction of sp³-hybridized carbons (Fsp3) is 0.538. The molecule has 0 saturated heterocycles. The predicted octanol–water partition coefficient (Wildman–Crippen LogP) is 3.26. The SMILES string of the molecule is CC(CNC(C)C)COc1ccc([N+](=O)[O-])c(Cl)c1. The lowest BCUT2D eigenvalue weighted by Crippen LogP contribution is -2.30. The van der Waals surface area contributed by atoms with Crippen LogP contribution in [0, 0.1) is 16.0 Å². The molecule has 0 aliphatic rings. The van der Waals surface area contributed by atoms with Crippen LogP contribution in [0.1, 0.15) is 20.8 Å². The summed E-state index contributed by atoms with van der Waals surface area (Å²) < 4.78 is 5.57. The summed E-state index contributed by atoms with van der Waals surface area (Å²) in [6, 6.07) is 4.83. The molecule has 1 unspecified atom stereocenters. The van der Waals surface area contributed by atoms with Gasteiger partial charge in [-0.2, -0.15) is 0 Å². The molecular weight excluding hydrogens is 268 g/mol. The topological polar surface area (TPSA) is 64.4 Å². The van der Waals surface area contributed by atoms with E-state index in [0.717, 1.165) is 6.54 Å². The highest BCUT2D eigenvalue weighted by Crippen LogP contribution is 2.28. The standard InChI is InChI=1S/C13H19ClN2O3/c1-9(2)15-7-10(3)8-19-11-4-5-13(16(17)18)12(14)6-11/h4-6,9-10,15H,7-8H2,1-3H3. The largest absolute Gasteiger partial charge is 0.493 e. The Balaban J connectivity index is 2.50. The van der Waals surface area contributed by atoms with Crippen LogP contribution in [0.5, 0.6) is 5.75 Å². The molecule has 0 aliphatic heterocycles. The van der Waals surface area contributed by atoms with Crippen LogP contribution in [0.3, 0.4) is 0 Å². The summed E-state index contributed by atoms with van der Waals surface area (Å²) in [5.41, 5.74) is -0.108. The van der Waals surface area contributed by atoms with Crippen LogP contribution in [-0.4, -0.2) is 24.1 Å². The summed E-state index contributed by atoms with van der Waals surface area (Å²) in [6.45, 7) is 7.64. The van der Waals surface area contributed by atoms with Crippen molar-refractivity contribution in [3.8, 4) is 5.75 Å². The van der Waals surface area contributed by atoms with Gasteiger partial charge in [0.2, 0.25) is 0 Å². The van der Waals surface area contributed by atoms with Gasteiger partial charge >= 0.3 is 0 Å². The molecule has 0 heterocycles. The summed E-state index contributed by atoms with van der Waals surface area (Å²) >= 11 is 5.81. The lowest BCUT2D eigenvalue weighted by molar-refractivity contribution is -0.384. The van der Waals surface area contributed by atoms with Crippen molar-refractivity contribution in [3.63, 3.8) is 0 Å². The Morgan fingerprint density at radius 2 is 2.11 bits per heavy atom. The Morgan fingerprint density at radius 3 is 2.63 bits per heavy atom. The second kappa shape index (κ2) is 7.31. The number of nitrogens with one attached hydrogen (secondary N) is 1. The van der Waals surface area contributed by atoms with Crippen LogP contribution in [0.25, 0.3) is 0 Å². The minimum absolute atomic E-state index is 0.0930. The van der Waals surface area contributed by atoms with Gasteiger partial charge in [-0.1, -0.05) is 32.4 Å². The van der Waals surface area contributed by atoms with Crippen molar-refractivity contribution in [2.75, 3.05) is 13.2 Å². The molecule has 0 saturated carbocycles. The first kappa shape index (κ1) is 15.7. The van der Waals surface area contributed by atoms with E-state index >= 15 is 0 Å². The smallest absolute Gasteiger partial charge is 0.288 e. The van der Waals surface area contributed by atoms with E-state index in [4.69, 9.17) is 16.3 Å². The van der Waals surface area contributed by atoms with E-state index in [0.29, 0.717) is 24.3 Å². The number of halogens is 1. The highest BCUT2D eigenvalue weighted by atomic mass is 35.5. The van der Waals surface area contributed by atoms with Gasteiger partial charge in [-0.15, -0.1) is 0 Å². The van der Waals surface area contributed by atoms with Crippen molar-refractivity contribution in [1.29, 1.82) is 0 Å². The van der Waals surface area contributed by atoms with E-state index in [1.807, 2.05) is 0 Å². The second-order valence-corrected chi connectivity index (χ2v) is 5.26. The number of hydrogen-bond acceptors (Lipinski definition) is 4. The first-order chi connectivity index (χ1) is 8.90. The van der Waals surface area contributed by atoms with Gasteiger partial charge < -0.3 is 10.1 Å². The number of nitro groups is 1. The fourth-order valence-electron chi connectivity index (χ4n) is 1.46. The van der Waals surface area contributed by atoms with E-state index in [1.54, 1.807) is 6.07 Å². The number of rotatable bonds is 7. The van der Waals surface area contributed by atoms with E-state index in [1.165, 1.54) is 12.1 Å². The molecular formula is C13H19ClN2O3. The van der Waals surface area contributed by atoms with Crippen LogP contribution in [-0.2, 0) is 0 Å². The first-order valence-electron chi connectivity index (χ1n) is 6.20. The molecule has 0 aromatic heterocycles. The average Bonchev–Trinajstić information content (AvgIpc) is 2.33. The zero-order valence-electron chi connectivity index (χ0n) is 11.4. The lowest BCUT2D eigenvalue weighted by Gasteiger charge is -2.15. The van der Waals surface area contributed by atoms with Gasteiger partial charge in [0.1, 0.15) is 10.8 Å². The number of nitro benzene ring substituents is 1. The Labute approximate surface area is 118 Å². The van der Waals surface area contributed by atoms with Gasteiger partial charge in [-0.3, -0.25) is 10.1 Å². The number of ether oxygens (including phenoxy) is 1. The highest BCUT2D eigenvalue weighted by Gasteiger charge is 2.13. The van der Waals surface area contributed by atoms with Gasteiger partial charge in [0.05, 0.1) is 11.5 Å². The Bertz CT molecular complexity index is 438. The molecule has 0 bridgehead atoms. The zero-order valence-corrected chi connectivity index (χ0v) is 12.1. The van der Waals surface area contributed by atoms with Gasteiger partial charge in [0, 0.05) is 30.6 Å². The number of hydrogen-bond donors (Lipinski definition) is 1. The molecule has 0 aliphatic carbocycles. The van der Waals surface area contributed by atoms with Crippen molar-refractivity contribution in [2.45, 2.75) is 26.8 Å². The van der Waals surface area contributed by atoms with E-state index in [9.17, 15) is 10.1 Å². The summed E-state index contributed by atoms with van der Waals surface area (Å²) in [5.74, 6) is 0.892. The molecule has 0 fully saturated rings. The summed E-state index contributed by atoms with van der Waals surface area (Å²) in [6.07, 6.45) is 0. The summed E-state index contributed by atoms with van der Waals surface area (Å²) in [5, 5.41) is 14.0. The molecule has 1 rings (SSSR count). The van der Waals surface area contributed by atoms with Crippen molar-refractivity contribution >= 4 is 17.3 Å². The van der Waals surface area contributed by atoms with E-state index < -0.39 is 4.92 Å². The molecule has 0 spiro atoms. The molecule has 0 amide bonds. The maximum Gasteiger partial charge on any atom is 0.288 e. The molecule has 106 valence electrons. The van der Waals surface area contributed by atoms with Crippen LogP contribution < -0.4 is 10.1 Å². The van der Waals surface area contributed by atoms with Crippen molar-refractivity contribution < 1.29 is 9.66 Å². The molecule has 0 radical (unpaired) electrons. The molecule has 1 aromatic rings. The maximum absolute atomic E-state index is 10.6. The van der Waals surface area contributed by atoms with Gasteiger partial charge in [0.15, 0.2) is 0 Å². The molecule has 6 heteroatoms. The second-order valence-electron chi connectivity index (χ2n) is 4.85. The fourth-order valence-corrected chi connectivity index (χ4v) is 1.70. The molecule has 1 atom stereocenters. The Kier molecular flexibility index (Phi) is 6.05. The van der Waals surface area contributed by atoms with Crippen LogP contribution >= 0.6 is 11.6 Å². The number of nitrogens with zero attached hydrogens (tertiary/aromatic N) is 1. The third-order valence-electron chi connectivity index (χ3n) is 2.52. The Morgan fingerprint density at radius 1 is 1.42 bits per heavy atom. The predicted molar refractivity (Wildman–Crippen MR) is 75.9 cm³/mol. The molecule has 5 nitrogen and oxygen atoms in total. The molecule has 1 aromatic carbocycles. The summed E-state index contributed by atoms with van der Waals surface area (Å²) in [4.78, 5) is 10.1. The highest BCUT2D eigenvalue weighted by molar-refractivity contribution is 6.32.